The zero-order chi connectivity index (χ0) is 17.6. The SMILES string of the molecule is O=C(NCc1ccc(F)cc1)c1cc(Nc2ccccc2Cl)ncn1. The zero-order valence-electron chi connectivity index (χ0n) is 13.0. The number of nitrogens with one attached hydrogen (secondary N) is 2. The Bertz CT molecular complexity index is 886. The van der Waals surface area contributed by atoms with Gasteiger partial charge < -0.3 is 10.6 Å². The fourth-order valence-corrected chi connectivity index (χ4v) is 2.31. The first-order valence-corrected chi connectivity index (χ1v) is 7.86. The normalized spacial score (nSPS) is 10.3. The van der Waals surface area contributed by atoms with Crippen LogP contribution in [0.5, 0.6) is 0 Å². The van der Waals surface area contributed by atoms with Crippen molar-refractivity contribution in [2.45, 2.75) is 6.54 Å². The summed E-state index contributed by atoms with van der Waals surface area (Å²) < 4.78 is 12.9. The Balaban J connectivity index is 1.67. The van der Waals surface area contributed by atoms with Crippen LogP contribution in [0, 0.1) is 5.82 Å². The lowest BCUT2D eigenvalue weighted by atomic mass is 10.2. The maximum atomic E-state index is 12.9. The lowest BCUT2D eigenvalue weighted by molar-refractivity contribution is 0.0946. The van der Waals surface area contributed by atoms with Crippen molar-refractivity contribution in [3.8, 4) is 0 Å². The molecule has 3 aromatic rings. The Morgan fingerprint density at radius 1 is 1.08 bits per heavy atom. The molecule has 0 unspecified atom stereocenters. The number of carbonyl (C=O) groups is 1. The molecule has 2 aromatic carbocycles. The molecule has 0 radical (unpaired) electrons. The van der Waals surface area contributed by atoms with Crippen LogP contribution < -0.4 is 10.6 Å². The van der Waals surface area contributed by atoms with E-state index in [1.54, 1.807) is 24.3 Å². The number of benzene rings is 2. The summed E-state index contributed by atoms with van der Waals surface area (Å²) in [6, 6.07) is 14.7. The molecule has 5 nitrogen and oxygen atoms in total. The summed E-state index contributed by atoms with van der Waals surface area (Å²) in [6.45, 7) is 0.274. The van der Waals surface area contributed by atoms with Crippen LogP contribution in [0.1, 0.15) is 16.1 Å². The zero-order valence-corrected chi connectivity index (χ0v) is 13.8. The van der Waals surface area contributed by atoms with Gasteiger partial charge in [-0.2, -0.15) is 0 Å². The topological polar surface area (TPSA) is 66.9 Å². The third kappa shape index (κ3) is 4.51. The summed E-state index contributed by atoms with van der Waals surface area (Å²) in [6.07, 6.45) is 1.30. The van der Waals surface area contributed by atoms with Crippen LogP contribution in [0.15, 0.2) is 60.9 Å². The Morgan fingerprint density at radius 2 is 1.84 bits per heavy atom. The van der Waals surface area contributed by atoms with E-state index in [1.807, 2.05) is 12.1 Å². The largest absolute Gasteiger partial charge is 0.347 e. The van der Waals surface area contributed by atoms with Crippen LogP contribution in [0.3, 0.4) is 0 Å². The first kappa shape index (κ1) is 16.9. The quantitative estimate of drug-likeness (QED) is 0.726. The molecule has 1 aromatic heterocycles. The lowest BCUT2D eigenvalue weighted by Crippen LogP contribution is -2.24. The van der Waals surface area contributed by atoms with Gasteiger partial charge in [0.2, 0.25) is 0 Å². The molecule has 0 aliphatic carbocycles. The fraction of sp³-hybridized carbons (Fsp3) is 0.0556. The van der Waals surface area contributed by atoms with Gasteiger partial charge in [0.25, 0.3) is 5.91 Å². The molecular weight excluding hydrogens is 343 g/mol. The number of nitrogens with zero attached hydrogens (tertiary/aromatic N) is 2. The Labute approximate surface area is 148 Å². The first-order chi connectivity index (χ1) is 12.1. The summed E-state index contributed by atoms with van der Waals surface area (Å²) in [7, 11) is 0. The second kappa shape index (κ2) is 7.72. The Morgan fingerprint density at radius 3 is 2.60 bits per heavy atom. The standard InChI is InChI=1S/C18H14ClFN4O/c19-14-3-1-2-4-15(14)24-17-9-16(22-11-23-17)18(25)21-10-12-5-7-13(20)8-6-12/h1-9,11H,10H2,(H,21,25)(H,22,23,24). The van der Waals surface area contributed by atoms with Crippen LogP contribution in [-0.4, -0.2) is 15.9 Å². The number of hydrogen-bond donors (Lipinski definition) is 2. The molecule has 7 heteroatoms. The highest BCUT2D eigenvalue weighted by molar-refractivity contribution is 6.33. The molecule has 0 fully saturated rings. The van der Waals surface area contributed by atoms with Crippen LogP contribution >= 0.6 is 11.6 Å². The lowest BCUT2D eigenvalue weighted by Gasteiger charge is -2.09. The molecule has 0 saturated heterocycles. The molecule has 0 saturated carbocycles. The van der Waals surface area contributed by atoms with Crippen molar-refractivity contribution < 1.29 is 9.18 Å². The highest BCUT2D eigenvalue weighted by Crippen LogP contribution is 2.23. The van der Waals surface area contributed by atoms with Crippen molar-refractivity contribution in [2.24, 2.45) is 0 Å². The van der Waals surface area contributed by atoms with Crippen molar-refractivity contribution in [2.75, 3.05) is 5.32 Å². The molecule has 1 amide bonds. The van der Waals surface area contributed by atoms with Gasteiger partial charge in [-0.1, -0.05) is 35.9 Å². The minimum atomic E-state index is -0.353. The predicted molar refractivity (Wildman–Crippen MR) is 94.3 cm³/mol. The molecule has 3 rings (SSSR count). The average Bonchev–Trinajstić information content (AvgIpc) is 2.63. The summed E-state index contributed by atoms with van der Waals surface area (Å²) >= 11 is 6.09. The maximum absolute atomic E-state index is 12.9. The monoisotopic (exact) mass is 356 g/mol. The van der Waals surface area contributed by atoms with E-state index in [0.717, 1.165) is 5.56 Å². The van der Waals surface area contributed by atoms with Gasteiger partial charge in [0, 0.05) is 12.6 Å². The molecule has 126 valence electrons. The Kier molecular flexibility index (Phi) is 5.20. The maximum Gasteiger partial charge on any atom is 0.270 e. The summed E-state index contributed by atoms with van der Waals surface area (Å²) in [4.78, 5) is 20.3. The number of amides is 1. The number of carbonyl (C=O) groups excluding carboxylic acids is 1. The van der Waals surface area contributed by atoms with Crippen molar-refractivity contribution in [3.05, 3.63) is 83.0 Å². The highest BCUT2D eigenvalue weighted by Gasteiger charge is 2.09. The summed E-state index contributed by atoms with van der Waals surface area (Å²) in [5.41, 5.74) is 1.69. The number of para-hydroxylation sites is 1. The highest BCUT2D eigenvalue weighted by atomic mass is 35.5. The van der Waals surface area contributed by atoms with Gasteiger partial charge in [0.1, 0.15) is 23.7 Å². The summed E-state index contributed by atoms with van der Waals surface area (Å²) in [5.74, 6) is -0.217. The molecule has 2 N–H and O–H groups in total. The molecule has 0 spiro atoms. The van der Waals surface area contributed by atoms with E-state index in [1.165, 1.54) is 24.5 Å². The molecule has 0 aliphatic rings. The molecule has 25 heavy (non-hydrogen) atoms. The van der Waals surface area contributed by atoms with Gasteiger partial charge in [-0.05, 0) is 29.8 Å². The molecule has 0 atom stereocenters. The van der Waals surface area contributed by atoms with E-state index >= 15 is 0 Å². The number of halogens is 2. The molecular formula is C18H14ClFN4O. The van der Waals surface area contributed by atoms with Crippen molar-refractivity contribution >= 4 is 29.0 Å². The van der Waals surface area contributed by atoms with Crippen LogP contribution in [0.4, 0.5) is 15.9 Å². The van der Waals surface area contributed by atoms with Crippen LogP contribution in [0.25, 0.3) is 0 Å². The fourth-order valence-electron chi connectivity index (χ4n) is 2.13. The predicted octanol–water partition coefficient (Wildman–Crippen LogP) is 3.94. The van der Waals surface area contributed by atoms with E-state index in [9.17, 15) is 9.18 Å². The van der Waals surface area contributed by atoms with E-state index < -0.39 is 0 Å². The molecule has 1 heterocycles. The molecule has 0 bridgehead atoms. The van der Waals surface area contributed by atoms with Crippen LogP contribution in [0.2, 0.25) is 5.02 Å². The van der Waals surface area contributed by atoms with Crippen molar-refractivity contribution in [3.63, 3.8) is 0 Å². The van der Waals surface area contributed by atoms with Gasteiger partial charge in [-0.25, -0.2) is 14.4 Å². The summed E-state index contributed by atoms with van der Waals surface area (Å²) in [5, 5.41) is 6.32. The van der Waals surface area contributed by atoms with Crippen LogP contribution in [-0.2, 0) is 6.54 Å². The first-order valence-electron chi connectivity index (χ1n) is 7.48. The third-order valence-corrected chi connectivity index (χ3v) is 3.73. The number of rotatable bonds is 5. The number of aromatic nitrogens is 2. The van der Waals surface area contributed by atoms with Gasteiger partial charge in [-0.3, -0.25) is 4.79 Å². The third-order valence-electron chi connectivity index (χ3n) is 3.40. The minimum Gasteiger partial charge on any atom is -0.347 e. The van der Waals surface area contributed by atoms with Gasteiger partial charge in [0.15, 0.2) is 0 Å². The van der Waals surface area contributed by atoms with E-state index in [0.29, 0.717) is 16.5 Å². The van der Waals surface area contributed by atoms with E-state index in [4.69, 9.17) is 11.6 Å². The average molecular weight is 357 g/mol. The minimum absolute atomic E-state index is 0.215. The smallest absolute Gasteiger partial charge is 0.270 e. The number of anilines is 2. The van der Waals surface area contributed by atoms with Gasteiger partial charge in [0.05, 0.1) is 10.7 Å². The van der Waals surface area contributed by atoms with E-state index in [-0.39, 0.29) is 24.0 Å². The Hall–Kier alpha value is -2.99. The van der Waals surface area contributed by atoms with Crippen molar-refractivity contribution in [1.29, 1.82) is 0 Å². The number of hydrogen-bond acceptors (Lipinski definition) is 4. The second-order valence-corrected chi connectivity index (χ2v) is 5.61. The molecule has 0 aliphatic heterocycles. The van der Waals surface area contributed by atoms with E-state index in [2.05, 4.69) is 20.6 Å². The second-order valence-electron chi connectivity index (χ2n) is 5.20. The van der Waals surface area contributed by atoms with Gasteiger partial charge in [-0.15, -0.1) is 0 Å². The van der Waals surface area contributed by atoms with Crippen molar-refractivity contribution in [1.82, 2.24) is 15.3 Å². The van der Waals surface area contributed by atoms with Gasteiger partial charge >= 0.3 is 0 Å².